The molecule has 2 atom stereocenters. The van der Waals surface area contributed by atoms with Crippen LogP contribution in [0.15, 0.2) is 16.5 Å². The highest BCUT2D eigenvalue weighted by Gasteiger charge is 2.25. The first-order chi connectivity index (χ1) is 8.26. The molecule has 0 aliphatic rings. The minimum atomic E-state index is -0.734. The Labute approximate surface area is 111 Å². The fourth-order valence-corrected chi connectivity index (χ4v) is 1.76. The highest BCUT2D eigenvalue weighted by molar-refractivity contribution is 6.29. The molecule has 3 nitrogen and oxygen atoms in total. The molecule has 1 heterocycles. The number of furan rings is 1. The quantitative estimate of drug-likeness (QED) is 0.788. The standard InChI is InChI=1S/C14H24BO3/c1-9(2)10(3)11(4)12-7-8-13(17-12)18-14(5,6)15-16/h7-11,16H,1-6H3. The van der Waals surface area contributed by atoms with Crippen LogP contribution in [0.1, 0.15) is 53.2 Å². The number of hydrogen-bond acceptors (Lipinski definition) is 3. The lowest BCUT2D eigenvalue weighted by molar-refractivity contribution is 0.131. The van der Waals surface area contributed by atoms with Crippen molar-refractivity contribution < 1.29 is 14.2 Å². The van der Waals surface area contributed by atoms with Crippen LogP contribution in [0.3, 0.4) is 0 Å². The van der Waals surface area contributed by atoms with Gasteiger partial charge in [-0.3, -0.25) is 0 Å². The number of rotatable bonds is 6. The van der Waals surface area contributed by atoms with Crippen molar-refractivity contribution >= 4 is 7.48 Å². The lowest BCUT2D eigenvalue weighted by Gasteiger charge is -2.22. The molecular formula is C14H24BO3. The molecule has 0 saturated carbocycles. The summed E-state index contributed by atoms with van der Waals surface area (Å²) in [7, 11) is 1.02. The van der Waals surface area contributed by atoms with Gasteiger partial charge in [-0.05, 0) is 31.7 Å². The molecule has 0 fully saturated rings. The van der Waals surface area contributed by atoms with Crippen LogP contribution >= 0.6 is 0 Å². The maximum Gasteiger partial charge on any atom is 0.339 e. The molecule has 1 rings (SSSR count). The molecule has 0 aromatic carbocycles. The summed E-state index contributed by atoms with van der Waals surface area (Å²) in [5.41, 5.74) is -0.734. The van der Waals surface area contributed by atoms with Gasteiger partial charge in [0.1, 0.15) is 11.3 Å². The largest absolute Gasteiger partial charge is 0.465 e. The van der Waals surface area contributed by atoms with Crippen molar-refractivity contribution in [1.82, 2.24) is 0 Å². The lowest BCUT2D eigenvalue weighted by Crippen LogP contribution is -2.35. The van der Waals surface area contributed by atoms with E-state index in [4.69, 9.17) is 14.2 Å². The van der Waals surface area contributed by atoms with Gasteiger partial charge in [-0.2, -0.15) is 0 Å². The number of ether oxygens (including phenoxy) is 1. The van der Waals surface area contributed by atoms with Gasteiger partial charge in [-0.15, -0.1) is 0 Å². The summed E-state index contributed by atoms with van der Waals surface area (Å²) in [5.74, 6) is 2.88. The van der Waals surface area contributed by atoms with Crippen molar-refractivity contribution in [3.05, 3.63) is 17.9 Å². The van der Waals surface area contributed by atoms with Gasteiger partial charge in [0.05, 0.1) is 0 Å². The third kappa shape index (κ3) is 3.80. The first-order valence-electron chi connectivity index (χ1n) is 6.54. The summed E-state index contributed by atoms with van der Waals surface area (Å²) in [4.78, 5) is 0. The second-order valence-corrected chi connectivity index (χ2v) is 5.88. The van der Waals surface area contributed by atoms with Crippen LogP contribution < -0.4 is 4.74 Å². The Morgan fingerprint density at radius 2 is 1.83 bits per heavy atom. The topological polar surface area (TPSA) is 42.6 Å². The highest BCUT2D eigenvalue weighted by atomic mass is 16.6. The van der Waals surface area contributed by atoms with Gasteiger partial charge in [0.25, 0.3) is 5.95 Å². The zero-order valence-corrected chi connectivity index (χ0v) is 12.2. The molecule has 4 heteroatoms. The zero-order valence-electron chi connectivity index (χ0n) is 12.2. The van der Waals surface area contributed by atoms with E-state index in [0.717, 1.165) is 13.2 Å². The van der Waals surface area contributed by atoms with Crippen molar-refractivity contribution in [2.75, 3.05) is 0 Å². The van der Waals surface area contributed by atoms with E-state index < -0.39 is 5.50 Å². The maximum absolute atomic E-state index is 9.04. The minimum absolute atomic E-state index is 0.351. The Hall–Kier alpha value is -0.895. The van der Waals surface area contributed by atoms with Crippen LogP contribution in [-0.4, -0.2) is 18.0 Å². The molecule has 18 heavy (non-hydrogen) atoms. The molecule has 0 saturated heterocycles. The maximum atomic E-state index is 9.04. The van der Waals surface area contributed by atoms with Crippen LogP contribution in [-0.2, 0) is 0 Å². The first-order valence-corrected chi connectivity index (χ1v) is 6.54. The summed E-state index contributed by atoms with van der Waals surface area (Å²) in [6.45, 7) is 12.4. The van der Waals surface area contributed by atoms with Crippen molar-refractivity contribution in [2.45, 2.75) is 53.0 Å². The molecule has 101 valence electrons. The van der Waals surface area contributed by atoms with Gasteiger partial charge in [0, 0.05) is 12.0 Å². The normalized spacial score (nSPS) is 15.6. The summed E-state index contributed by atoms with van der Waals surface area (Å²) in [6, 6.07) is 3.76. The molecular weight excluding hydrogens is 227 g/mol. The van der Waals surface area contributed by atoms with Gasteiger partial charge >= 0.3 is 7.48 Å². The lowest BCUT2D eigenvalue weighted by atomic mass is 9.78. The van der Waals surface area contributed by atoms with E-state index in [9.17, 15) is 0 Å². The predicted octanol–water partition coefficient (Wildman–Crippen LogP) is 3.40. The predicted molar refractivity (Wildman–Crippen MR) is 73.8 cm³/mol. The van der Waals surface area contributed by atoms with Gasteiger partial charge in [-0.1, -0.05) is 27.7 Å². The molecule has 1 N–H and O–H groups in total. The fourth-order valence-electron chi connectivity index (χ4n) is 1.76. The van der Waals surface area contributed by atoms with Gasteiger partial charge in [0.2, 0.25) is 0 Å². The molecule has 0 amide bonds. The molecule has 0 aliphatic carbocycles. The van der Waals surface area contributed by atoms with Gasteiger partial charge in [0.15, 0.2) is 0 Å². The Balaban J connectivity index is 2.74. The zero-order chi connectivity index (χ0) is 13.9. The smallest absolute Gasteiger partial charge is 0.339 e. The van der Waals surface area contributed by atoms with Crippen LogP contribution in [0, 0.1) is 11.8 Å². The second kappa shape index (κ2) is 5.83. The van der Waals surface area contributed by atoms with Crippen LogP contribution in [0.25, 0.3) is 0 Å². The molecule has 1 aromatic heterocycles. The minimum Gasteiger partial charge on any atom is -0.465 e. The summed E-state index contributed by atoms with van der Waals surface area (Å²) in [5, 5.41) is 9.04. The average molecular weight is 251 g/mol. The van der Waals surface area contributed by atoms with E-state index in [1.807, 2.05) is 12.1 Å². The third-order valence-electron chi connectivity index (χ3n) is 3.57. The Morgan fingerprint density at radius 3 is 2.33 bits per heavy atom. The van der Waals surface area contributed by atoms with Crippen molar-refractivity contribution in [3.63, 3.8) is 0 Å². The van der Waals surface area contributed by atoms with Crippen LogP contribution in [0.4, 0.5) is 0 Å². The van der Waals surface area contributed by atoms with Crippen molar-refractivity contribution in [1.29, 1.82) is 0 Å². The molecule has 1 radical (unpaired) electrons. The summed E-state index contributed by atoms with van der Waals surface area (Å²) >= 11 is 0. The molecule has 2 unspecified atom stereocenters. The fraction of sp³-hybridized carbons (Fsp3) is 0.714. The van der Waals surface area contributed by atoms with E-state index in [2.05, 4.69) is 27.7 Å². The Kier molecular flexibility index (Phi) is 4.91. The van der Waals surface area contributed by atoms with E-state index in [1.54, 1.807) is 13.8 Å². The van der Waals surface area contributed by atoms with E-state index in [-0.39, 0.29) is 0 Å². The Bertz CT molecular complexity index is 371. The Morgan fingerprint density at radius 1 is 1.22 bits per heavy atom. The second-order valence-electron chi connectivity index (χ2n) is 5.88. The first kappa shape index (κ1) is 15.2. The van der Waals surface area contributed by atoms with Crippen molar-refractivity contribution in [2.24, 2.45) is 11.8 Å². The van der Waals surface area contributed by atoms with Crippen LogP contribution in [0.5, 0.6) is 5.95 Å². The molecule has 0 spiro atoms. The van der Waals surface area contributed by atoms with E-state index in [0.29, 0.717) is 23.7 Å². The highest BCUT2D eigenvalue weighted by Crippen LogP contribution is 2.33. The summed E-state index contributed by atoms with van der Waals surface area (Å²) < 4.78 is 11.3. The monoisotopic (exact) mass is 251 g/mol. The SMILES string of the molecule is CC(C)C(C)C(C)c1ccc(OC(C)(C)[B]O)o1. The van der Waals surface area contributed by atoms with E-state index >= 15 is 0 Å². The van der Waals surface area contributed by atoms with Crippen molar-refractivity contribution in [3.8, 4) is 5.95 Å². The molecule has 0 aliphatic heterocycles. The third-order valence-corrected chi connectivity index (χ3v) is 3.57. The van der Waals surface area contributed by atoms with E-state index in [1.165, 1.54) is 0 Å². The van der Waals surface area contributed by atoms with Gasteiger partial charge < -0.3 is 14.2 Å². The molecule has 0 bridgehead atoms. The average Bonchev–Trinajstić information content (AvgIpc) is 2.74. The summed E-state index contributed by atoms with van der Waals surface area (Å²) in [6.07, 6.45) is 0. The number of hydrogen-bond donors (Lipinski definition) is 1. The van der Waals surface area contributed by atoms with Gasteiger partial charge in [-0.25, -0.2) is 0 Å². The van der Waals surface area contributed by atoms with Crippen LogP contribution in [0.2, 0.25) is 0 Å². The molecule has 1 aromatic rings.